The SMILES string of the molecule is CSC1=N[B-](c2ccccc2)(c2ccccc2)OC(C)=C1C(C)=O. The highest BCUT2D eigenvalue weighted by Gasteiger charge is 2.36. The van der Waals surface area contributed by atoms with Crippen LogP contribution >= 0.6 is 11.8 Å². The summed E-state index contributed by atoms with van der Waals surface area (Å²) in [7, 11) is 0. The van der Waals surface area contributed by atoms with Crippen LogP contribution in [0, 0.1) is 0 Å². The third-order valence-corrected chi connectivity index (χ3v) is 4.96. The van der Waals surface area contributed by atoms with Gasteiger partial charge in [-0.1, -0.05) is 60.7 Å². The molecule has 5 heteroatoms. The van der Waals surface area contributed by atoms with Gasteiger partial charge in [0.1, 0.15) is 0 Å². The van der Waals surface area contributed by atoms with Crippen LogP contribution in [-0.2, 0) is 9.45 Å². The molecule has 0 saturated heterocycles. The van der Waals surface area contributed by atoms with E-state index < -0.39 is 6.48 Å². The van der Waals surface area contributed by atoms with Gasteiger partial charge in [0.15, 0.2) is 5.78 Å². The quantitative estimate of drug-likeness (QED) is 0.809. The molecule has 0 aromatic heterocycles. The van der Waals surface area contributed by atoms with Crippen molar-refractivity contribution in [3.8, 4) is 0 Å². The fraction of sp³-hybridized carbons (Fsp3) is 0.158. The van der Waals surface area contributed by atoms with Gasteiger partial charge in [-0.15, -0.1) is 22.7 Å². The second-order valence-electron chi connectivity index (χ2n) is 5.81. The van der Waals surface area contributed by atoms with E-state index in [4.69, 9.17) is 9.56 Å². The molecule has 3 nitrogen and oxygen atoms in total. The van der Waals surface area contributed by atoms with Gasteiger partial charge < -0.3 is 9.56 Å². The maximum atomic E-state index is 12.0. The van der Waals surface area contributed by atoms with Gasteiger partial charge in [-0.05, 0) is 20.1 Å². The van der Waals surface area contributed by atoms with Crippen LogP contribution in [0.3, 0.4) is 0 Å². The van der Waals surface area contributed by atoms with Crippen LogP contribution in [0.1, 0.15) is 13.8 Å². The van der Waals surface area contributed by atoms with Gasteiger partial charge in [0, 0.05) is 0 Å². The van der Waals surface area contributed by atoms with Gasteiger partial charge in [-0.3, -0.25) is 4.79 Å². The Kier molecular flexibility index (Phi) is 4.63. The molecule has 0 unspecified atom stereocenters. The maximum Gasteiger partial charge on any atom is 0.335 e. The zero-order valence-electron chi connectivity index (χ0n) is 14.0. The molecule has 0 fully saturated rings. The highest BCUT2D eigenvalue weighted by Crippen LogP contribution is 2.27. The molecule has 1 heterocycles. The fourth-order valence-electron chi connectivity index (χ4n) is 3.18. The lowest BCUT2D eigenvalue weighted by Crippen LogP contribution is -2.61. The number of allylic oxidation sites excluding steroid dienone is 1. The molecule has 0 radical (unpaired) electrons. The molecule has 0 saturated carbocycles. The van der Waals surface area contributed by atoms with Crippen LogP contribution in [0.5, 0.6) is 0 Å². The second-order valence-corrected chi connectivity index (χ2v) is 6.60. The summed E-state index contributed by atoms with van der Waals surface area (Å²) in [4.78, 5) is 17.0. The van der Waals surface area contributed by atoms with E-state index in [-0.39, 0.29) is 5.78 Å². The second kappa shape index (κ2) is 6.69. The Morgan fingerprint density at radius 3 is 1.92 bits per heavy atom. The Morgan fingerprint density at radius 2 is 1.50 bits per heavy atom. The van der Waals surface area contributed by atoms with Gasteiger partial charge >= 0.3 is 6.48 Å². The Bertz CT molecular complexity index is 776. The minimum Gasteiger partial charge on any atom is -0.692 e. The van der Waals surface area contributed by atoms with E-state index in [0.29, 0.717) is 11.3 Å². The van der Waals surface area contributed by atoms with E-state index in [9.17, 15) is 4.79 Å². The topological polar surface area (TPSA) is 38.7 Å². The van der Waals surface area contributed by atoms with Crippen molar-refractivity contribution in [2.24, 2.45) is 4.90 Å². The van der Waals surface area contributed by atoms with Gasteiger partial charge in [0.25, 0.3) is 0 Å². The first kappa shape index (κ1) is 16.6. The van der Waals surface area contributed by atoms with Gasteiger partial charge in [0.2, 0.25) is 0 Å². The Morgan fingerprint density at radius 1 is 1.00 bits per heavy atom. The van der Waals surface area contributed by atoms with Crippen molar-refractivity contribution in [1.82, 2.24) is 0 Å². The maximum absolute atomic E-state index is 12.0. The van der Waals surface area contributed by atoms with E-state index in [1.54, 1.807) is 6.92 Å². The summed E-state index contributed by atoms with van der Waals surface area (Å²) in [6, 6.07) is 20.0. The Labute approximate surface area is 146 Å². The van der Waals surface area contributed by atoms with Crippen molar-refractivity contribution >= 4 is 40.0 Å². The lowest BCUT2D eigenvalue weighted by Gasteiger charge is -2.44. The molecular weight excluding hydrogens is 317 g/mol. The monoisotopic (exact) mass is 336 g/mol. The molecule has 0 atom stereocenters. The first-order valence-corrected chi connectivity index (χ1v) is 9.11. The van der Waals surface area contributed by atoms with Crippen LogP contribution in [0.15, 0.2) is 76.9 Å². The number of nitrogens with zero attached hydrogens (tertiary/aromatic N) is 1. The predicted molar refractivity (Wildman–Crippen MR) is 103 cm³/mol. The molecule has 1 aliphatic rings. The average Bonchev–Trinajstić information content (AvgIpc) is 2.62. The van der Waals surface area contributed by atoms with Crippen molar-refractivity contribution in [2.45, 2.75) is 13.8 Å². The number of rotatable bonds is 3. The summed E-state index contributed by atoms with van der Waals surface area (Å²) in [5, 5.41) is 0.735. The molecule has 0 N–H and O–H groups in total. The average molecular weight is 336 g/mol. The number of benzene rings is 2. The number of ketones is 1. The van der Waals surface area contributed by atoms with E-state index in [1.165, 1.54) is 11.8 Å². The third-order valence-electron chi connectivity index (χ3n) is 4.26. The summed E-state index contributed by atoms with van der Waals surface area (Å²) in [6.07, 6.45) is 1.94. The number of thioether (sulfide) groups is 1. The normalized spacial score (nSPS) is 16.4. The number of carbonyl (C=O) groups excluding carboxylic acids is 1. The number of hydrogen-bond acceptors (Lipinski definition) is 4. The molecule has 0 spiro atoms. The molecule has 3 rings (SSSR count). The summed E-state index contributed by atoms with van der Waals surface area (Å²) in [5.74, 6) is 0.612. The van der Waals surface area contributed by atoms with Crippen molar-refractivity contribution in [1.29, 1.82) is 0 Å². The minimum atomic E-state index is -1.80. The van der Waals surface area contributed by atoms with Gasteiger partial charge in [-0.25, -0.2) is 0 Å². The lowest BCUT2D eigenvalue weighted by molar-refractivity contribution is -0.113. The highest BCUT2D eigenvalue weighted by molar-refractivity contribution is 8.14. The van der Waals surface area contributed by atoms with E-state index in [1.807, 2.05) is 73.8 Å². The number of carbonyl (C=O) groups is 1. The Balaban J connectivity index is 2.26. The molecule has 0 aliphatic carbocycles. The van der Waals surface area contributed by atoms with Crippen LogP contribution in [0.2, 0.25) is 0 Å². The summed E-state index contributed by atoms with van der Waals surface area (Å²) >= 11 is 1.48. The zero-order chi connectivity index (χ0) is 17.2. The highest BCUT2D eigenvalue weighted by atomic mass is 32.2. The van der Waals surface area contributed by atoms with Crippen LogP contribution in [0.25, 0.3) is 0 Å². The van der Waals surface area contributed by atoms with E-state index in [0.717, 1.165) is 16.0 Å². The summed E-state index contributed by atoms with van der Waals surface area (Å²) in [6.45, 7) is 1.61. The van der Waals surface area contributed by atoms with Crippen molar-refractivity contribution in [3.05, 3.63) is 72.0 Å². The van der Waals surface area contributed by atoms with Crippen LogP contribution in [-0.4, -0.2) is 23.6 Å². The standard InChI is InChI=1S/C19H19BNO2S/c1-14(22)18-15(2)23-20(21-19(18)24-3,16-10-6-4-7-11-16)17-12-8-5-9-13-17/h4-13H,1-3H3/q-1. The fourth-order valence-corrected chi connectivity index (χ4v) is 3.93. The molecule has 0 amide bonds. The smallest absolute Gasteiger partial charge is 0.335 e. The third kappa shape index (κ3) is 2.80. The predicted octanol–water partition coefficient (Wildman–Crippen LogP) is 2.90. The summed E-state index contributed by atoms with van der Waals surface area (Å²) < 4.78 is 6.37. The first-order valence-electron chi connectivity index (χ1n) is 7.89. The molecule has 0 bridgehead atoms. The minimum absolute atomic E-state index is 0.0221. The summed E-state index contributed by atoms with van der Waals surface area (Å²) in [5.41, 5.74) is 2.57. The van der Waals surface area contributed by atoms with E-state index >= 15 is 0 Å². The van der Waals surface area contributed by atoms with E-state index in [2.05, 4.69) is 0 Å². The van der Waals surface area contributed by atoms with Gasteiger partial charge in [-0.2, -0.15) is 0 Å². The zero-order valence-corrected chi connectivity index (χ0v) is 14.8. The molecular formula is C19H19BNO2S-. The van der Waals surface area contributed by atoms with Crippen LogP contribution in [0.4, 0.5) is 0 Å². The molecule has 2 aromatic rings. The van der Waals surface area contributed by atoms with Crippen molar-refractivity contribution < 1.29 is 9.45 Å². The first-order chi connectivity index (χ1) is 11.6. The Hall–Kier alpha value is -2.27. The molecule has 24 heavy (non-hydrogen) atoms. The van der Waals surface area contributed by atoms with Crippen molar-refractivity contribution in [2.75, 3.05) is 6.26 Å². The molecule has 122 valence electrons. The molecule has 2 aromatic carbocycles. The van der Waals surface area contributed by atoms with Crippen molar-refractivity contribution in [3.63, 3.8) is 0 Å². The number of Topliss-reactive ketones (excluding diaryl/α,β-unsaturated/α-hetero) is 1. The molecule has 1 aliphatic heterocycles. The number of hydrogen-bond donors (Lipinski definition) is 0. The van der Waals surface area contributed by atoms with Gasteiger partial charge in [0.05, 0.1) is 16.4 Å². The largest absolute Gasteiger partial charge is 0.692 e. The lowest BCUT2D eigenvalue weighted by atomic mass is 9.42. The van der Waals surface area contributed by atoms with Crippen LogP contribution < -0.4 is 10.9 Å².